The normalized spacial score (nSPS) is 12.0. The summed E-state index contributed by atoms with van der Waals surface area (Å²) < 4.78 is 1.70. The first-order chi connectivity index (χ1) is 16.4. The maximum atomic E-state index is 13.8. The molecule has 5 nitrogen and oxygen atoms in total. The Balaban J connectivity index is 1.87. The van der Waals surface area contributed by atoms with Gasteiger partial charge < -0.3 is 4.90 Å². The van der Waals surface area contributed by atoms with Gasteiger partial charge in [0, 0.05) is 13.0 Å². The first kappa shape index (κ1) is 23.4. The molecule has 0 aliphatic rings. The number of hydrogen-bond acceptors (Lipinski definition) is 3. The molecule has 0 aliphatic carbocycles. The third-order valence-corrected chi connectivity index (χ3v) is 6.36. The van der Waals surface area contributed by atoms with Crippen LogP contribution in [0.2, 0.25) is 0 Å². The van der Waals surface area contributed by atoms with E-state index in [2.05, 4.69) is 12.1 Å². The van der Waals surface area contributed by atoms with E-state index in [1.165, 1.54) is 5.56 Å². The number of amides is 1. The van der Waals surface area contributed by atoms with E-state index in [0.29, 0.717) is 29.7 Å². The topological polar surface area (TPSA) is 55.2 Å². The molecule has 1 unspecified atom stereocenters. The molecule has 5 heteroatoms. The van der Waals surface area contributed by atoms with Crippen molar-refractivity contribution in [1.29, 1.82) is 0 Å². The Kier molecular flexibility index (Phi) is 6.92. The van der Waals surface area contributed by atoms with Gasteiger partial charge in [0.2, 0.25) is 5.91 Å². The van der Waals surface area contributed by atoms with Crippen LogP contribution < -0.4 is 5.56 Å². The smallest absolute Gasteiger partial charge is 0.266 e. The van der Waals surface area contributed by atoms with Gasteiger partial charge in [-0.25, -0.2) is 4.98 Å². The van der Waals surface area contributed by atoms with Gasteiger partial charge in [-0.2, -0.15) is 0 Å². The Bertz CT molecular complexity index is 1380. The molecule has 174 valence electrons. The van der Waals surface area contributed by atoms with Crippen LogP contribution in [0.4, 0.5) is 0 Å². The van der Waals surface area contributed by atoms with Crippen LogP contribution in [0.15, 0.2) is 77.6 Å². The summed E-state index contributed by atoms with van der Waals surface area (Å²) in [5.74, 6) is 0.616. The molecule has 0 saturated carbocycles. The first-order valence-electron chi connectivity index (χ1n) is 11.8. The molecule has 4 aromatic rings. The molecule has 0 aliphatic heterocycles. The van der Waals surface area contributed by atoms with Gasteiger partial charge >= 0.3 is 0 Å². The van der Waals surface area contributed by atoms with Gasteiger partial charge in [-0.3, -0.25) is 14.2 Å². The van der Waals surface area contributed by atoms with Crippen molar-refractivity contribution in [3.63, 3.8) is 0 Å². The van der Waals surface area contributed by atoms with Crippen LogP contribution in [0, 0.1) is 13.8 Å². The quantitative estimate of drug-likeness (QED) is 0.369. The van der Waals surface area contributed by atoms with Gasteiger partial charge in [0.05, 0.1) is 22.6 Å². The van der Waals surface area contributed by atoms with Crippen molar-refractivity contribution in [2.75, 3.05) is 6.54 Å². The number of carbonyl (C=O) groups excluding carboxylic acids is 1. The highest BCUT2D eigenvalue weighted by atomic mass is 16.2. The number of aromatic nitrogens is 2. The van der Waals surface area contributed by atoms with Crippen LogP contribution >= 0.6 is 0 Å². The zero-order valence-corrected chi connectivity index (χ0v) is 20.3. The Morgan fingerprint density at radius 3 is 2.44 bits per heavy atom. The third-order valence-electron chi connectivity index (χ3n) is 6.36. The number of carbonyl (C=O) groups is 1. The minimum Gasteiger partial charge on any atom is -0.332 e. The van der Waals surface area contributed by atoms with E-state index >= 15 is 0 Å². The van der Waals surface area contributed by atoms with Crippen molar-refractivity contribution >= 4 is 16.8 Å². The van der Waals surface area contributed by atoms with Crippen molar-refractivity contribution < 1.29 is 4.79 Å². The predicted molar refractivity (Wildman–Crippen MR) is 137 cm³/mol. The lowest BCUT2D eigenvalue weighted by atomic mass is 10.1. The van der Waals surface area contributed by atoms with E-state index in [1.807, 2.05) is 93.3 Å². The monoisotopic (exact) mass is 453 g/mol. The minimum atomic E-state index is -0.381. The van der Waals surface area contributed by atoms with Crippen molar-refractivity contribution in [1.82, 2.24) is 14.5 Å². The molecular weight excluding hydrogens is 422 g/mol. The van der Waals surface area contributed by atoms with Gasteiger partial charge in [0.1, 0.15) is 5.82 Å². The summed E-state index contributed by atoms with van der Waals surface area (Å²) in [4.78, 5) is 33.7. The summed E-state index contributed by atoms with van der Waals surface area (Å²) in [6, 6.07) is 23.2. The van der Waals surface area contributed by atoms with Gasteiger partial charge in [-0.1, -0.05) is 61.5 Å². The molecular formula is C29H31N3O2. The second-order valence-corrected chi connectivity index (χ2v) is 8.77. The highest BCUT2D eigenvalue weighted by Crippen LogP contribution is 2.25. The van der Waals surface area contributed by atoms with Crippen LogP contribution in [0.25, 0.3) is 16.6 Å². The molecule has 1 heterocycles. The lowest BCUT2D eigenvalue weighted by molar-refractivity contribution is -0.133. The van der Waals surface area contributed by atoms with Gasteiger partial charge in [0.25, 0.3) is 5.56 Å². The number of rotatable bonds is 7. The second-order valence-electron chi connectivity index (χ2n) is 8.77. The van der Waals surface area contributed by atoms with Gasteiger partial charge in [0.15, 0.2) is 0 Å². The Morgan fingerprint density at radius 1 is 1.00 bits per heavy atom. The maximum Gasteiger partial charge on any atom is 0.266 e. The summed E-state index contributed by atoms with van der Waals surface area (Å²) in [5, 5.41) is 0.567. The van der Waals surface area contributed by atoms with Crippen LogP contribution in [0.5, 0.6) is 0 Å². The largest absolute Gasteiger partial charge is 0.332 e. The molecule has 4 rings (SSSR count). The lowest BCUT2D eigenvalue weighted by Crippen LogP contribution is -2.38. The van der Waals surface area contributed by atoms with Gasteiger partial charge in [-0.05, 0) is 62.1 Å². The summed E-state index contributed by atoms with van der Waals surface area (Å²) in [6.07, 6.45) is 1.12. The molecule has 0 N–H and O–H groups in total. The van der Waals surface area contributed by atoms with Crippen LogP contribution in [-0.2, 0) is 11.2 Å². The standard InChI is InChI=1S/C29H31N3O2/c1-5-27(33)31(18-17-23-11-7-6-8-12-23)22(4)28-30-25-14-10-9-13-24(25)29(34)32(28)26-19-20(2)15-16-21(26)3/h6-16,19,22H,5,17-18H2,1-4H3. The molecule has 1 amide bonds. The number of para-hydroxylation sites is 1. The summed E-state index contributed by atoms with van der Waals surface area (Å²) in [5.41, 5.74) is 4.54. The molecule has 0 saturated heterocycles. The van der Waals surface area contributed by atoms with Crippen molar-refractivity contribution in [2.45, 2.75) is 46.6 Å². The average molecular weight is 454 g/mol. The van der Waals surface area contributed by atoms with Crippen LogP contribution in [0.3, 0.4) is 0 Å². The van der Waals surface area contributed by atoms with E-state index in [1.54, 1.807) is 4.57 Å². The Labute approximate surface area is 200 Å². The zero-order chi connectivity index (χ0) is 24.2. The molecule has 34 heavy (non-hydrogen) atoms. The second kappa shape index (κ2) is 10.0. The highest BCUT2D eigenvalue weighted by Gasteiger charge is 2.26. The molecule has 1 atom stereocenters. The highest BCUT2D eigenvalue weighted by molar-refractivity contribution is 5.79. The SMILES string of the molecule is CCC(=O)N(CCc1ccccc1)C(C)c1nc2ccccc2c(=O)n1-c1cc(C)ccc1C. The van der Waals surface area contributed by atoms with Crippen LogP contribution in [-0.4, -0.2) is 26.9 Å². The molecule has 3 aromatic carbocycles. The summed E-state index contributed by atoms with van der Waals surface area (Å²) in [7, 11) is 0. The van der Waals surface area contributed by atoms with E-state index in [4.69, 9.17) is 4.98 Å². The van der Waals surface area contributed by atoms with Crippen molar-refractivity contribution in [3.8, 4) is 5.69 Å². The summed E-state index contributed by atoms with van der Waals surface area (Å²) in [6.45, 7) is 8.40. The predicted octanol–water partition coefficient (Wildman–Crippen LogP) is 5.54. The molecule has 0 spiro atoms. The first-order valence-corrected chi connectivity index (χ1v) is 11.8. The Morgan fingerprint density at radius 2 is 1.71 bits per heavy atom. The molecule has 1 aromatic heterocycles. The van der Waals surface area contributed by atoms with E-state index in [0.717, 1.165) is 23.2 Å². The molecule has 0 bridgehead atoms. The number of hydrogen-bond donors (Lipinski definition) is 0. The fourth-order valence-corrected chi connectivity index (χ4v) is 4.39. The van der Waals surface area contributed by atoms with Crippen LogP contribution in [0.1, 0.15) is 48.8 Å². The zero-order valence-electron chi connectivity index (χ0n) is 20.3. The third kappa shape index (κ3) is 4.65. The molecule has 0 radical (unpaired) electrons. The van der Waals surface area contributed by atoms with Crippen molar-refractivity contribution in [2.24, 2.45) is 0 Å². The number of nitrogens with zero attached hydrogens (tertiary/aromatic N) is 3. The van der Waals surface area contributed by atoms with Crippen molar-refractivity contribution in [3.05, 3.63) is 106 Å². The Hall–Kier alpha value is -3.73. The summed E-state index contributed by atoms with van der Waals surface area (Å²) >= 11 is 0. The number of benzene rings is 3. The van der Waals surface area contributed by atoms with E-state index in [9.17, 15) is 9.59 Å². The molecule has 0 fully saturated rings. The minimum absolute atomic E-state index is 0.0401. The number of aryl methyl sites for hydroxylation is 2. The van der Waals surface area contributed by atoms with E-state index < -0.39 is 0 Å². The van der Waals surface area contributed by atoms with Gasteiger partial charge in [-0.15, -0.1) is 0 Å². The number of fused-ring (bicyclic) bond motifs is 1. The fourth-order valence-electron chi connectivity index (χ4n) is 4.39. The maximum absolute atomic E-state index is 13.8. The lowest BCUT2D eigenvalue weighted by Gasteiger charge is -2.31. The average Bonchev–Trinajstić information content (AvgIpc) is 2.86. The fraction of sp³-hybridized carbons (Fsp3) is 0.276. The van der Waals surface area contributed by atoms with E-state index in [-0.39, 0.29) is 17.5 Å².